The summed E-state index contributed by atoms with van der Waals surface area (Å²) < 4.78 is 19.1. The lowest BCUT2D eigenvalue weighted by molar-refractivity contribution is -0.140. The number of nitrogens with one attached hydrogen (secondary N) is 1. The lowest BCUT2D eigenvalue weighted by Gasteiger charge is -2.37. The van der Waals surface area contributed by atoms with Gasteiger partial charge in [0, 0.05) is 37.3 Å². The van der Waals surface area contributed by atoms with E-state index < -0.39 is 0 Å². The predicted octanol–water partition coefficient (Wildman–Crippen LogP) is 2.37. The molecule has 4 rings (SSSR count). The summed E-state index contributed by atoms with van der Waals surface area (Å²) in [4.78, 5) is 23.8. The number of benzene rings is 1. The topological polar surface area (TPSA) is 67.3 Å². The molecule has 1 aromatic carbocycles. The molecule has 0 unspecified atom stereocenters. The number of likely N-dealkylation sites (tertiary alicyclic amines) is 1. The monoisotopic (exact) mass is 384 g/mol. The first-order chi connectivity index (χ1) is 13.6. The van der Waals surface area contributed by atoms with Crippen molar-refractivity contribution < 1.29 is 13.9 Å². The maximum atomic E-state index is 13.5. The van der Waals surface area contributed by atoms with Crippen molar-refractivity contribution in [2.24, 2.45) is 0 Å². The van der Waals surface area contributed by atoms with Crippen LogP contribution in [0, 0.1) is 5.82 Å². The van der Waals surface area contributed by atoms with E-state index in [4.69, 9.17) is 4.74 Å². The number of amides is 1. The van der Waals surface area contributed by atoms with Crippen molar-refractivity contribution in [2.45, 2.75) is 37.8 Å². The first-order valence-corrected chi connectivity index (χ1v) is 9.84. The van der Waals surface area contributed by atoms with Crippen molar-refractivity contribution in [1.82, 2.24) is 20.2 Å². The van der Waals surface area contributed by atoms with E-state index in [0.29, 0.717) is 26.2 Å². The first-order valence-electron chi connectivity index (χ1n) is 9.84. The van der Waals surface area contributed by atoms with Crippen molar-refractivity contribution in [3.05, 3.63) is 48.2 Å². The van der Waals surface area contributed by atoms with Crippen LogP contribution in [0.2, 0.25) is 0 Å². The molecule has 2 aliphatic heterocycles. The van der Waals surface area contributed by atoms with Crippen LogP contribution in [-0.2, 0) is 9.53 Å². The number of ether oxygens (including phenoxy) is 1. The molecule has 0 saturated carbocycles. The van der Waals surface area contributed by atoms with Gasteiger partial charge < -0.3 is 15.0 Å². The second-order valence-electron chi connectivity index (χ2n) is 7.42. The lowest BCUT2D eigenvalue weighted by atomic mass is 9.94. The quantitative estimate of drug-likeness (QED) is 0.880. The van der Waals surface area contributed by atoms with Crippen LogP contribution in [0.1, 0.15) is 31.5 Å². The van der Waals surface area contributed by atoms with E-state index in [9.17, 15) is 9.18 Å². The predicted molar refractivity (Wildman–Crippen MR) is 103 cm³/mol. The zero-order valence-corrected chi connectivity index (χ0v) is 16.0. The SMILES string of the molecule is C[C@H]1OCCN[C@@H]1C(=O)N1CCC(c2nccc(-c3cccc(F)c3)n2)CC1. The maximum Gasteiger partial charge on any atom is 0.242 e. The highest BCUT2D eigenvalue weighted by Crippen LogP contribution is 2.28. The third-order valence-electron chi connectivity index (χ3n) is 5.55. The Kier molecular flexibility index (Phi) is 5.64. The molecule has 2 aliphatic rings. The van der Waals surface area contributed by atoms with Crippen LogP contribution in [0.5, 0.6) is 0 Å². The van der Waals surface area contributed by atoms with Crippen molar-refractivity contribution in [3.8, 4) is 11.3 Å². The van der Waals surface area contributed by atoms with Crippen LogP contribution in [0.3, 0.4) is 0 Å². The van der Waals surface area contributed by atoms with Crippen LogP contribution in [-0.4, -0.2) is 59.2 Å². The van der Waals surface area contributed by atoms with E-state index in [2.05, 4.69) is 15.3 Å². The smallest absolute Gasteiger partial charge is 0.242 e. The van der Waals surface area contributed by atoms with E-state index in [0.717, 1.165) is 29.9 Å². The summed E-state index contributed by atoms with van der Waals surface area (Å²) in [7, 11) is 0. The Labute approximate surface area is 164 Å². The maximum absolute atomic E-state index is 13.5. The highest BCUT2D eigenvalue weighted by atomic mass is 19.1. The summed E-state index contributed by atoms with van der Waals surface area (Å²) >= 11 is 0. The van der Waals surface area contributed by atoms with E-state index in [-0.39, 0.29) is 29.8 Å². The third kappa shape index (κ3) is 4.05. The molecule has 148 valence electrons. The number of rotatable bonds is 3. The fraction of sp³-hybridized carbons (Fsp3) is 0.476. The van der Waals surface area contributed by atoms with Crippen molar-refractivity contribution in [3.63, 3.8) is 0 Å². The molecule has 2 atom stereocenters. The van der Waals surface area contributed by atoms with Gasteiger partial charge in [-0.05, 0) is 38.0 Å². The Balaban J connectivity index is 1.41. The van der Waals surface area contributed by atoms with Crippen LogP contribution < -0.4 is 5.32 Å². The van der Waals surface area contributed by atoms with Crippen LogP contribution in [0.25, 0.3) is 11.3 Å². The summed E-state index contributed by atoms with van der Waals surface area (Å²) in [5.74, 6) is 0.797. The highest BCUT2D eigenvalue weighted by Gasteiger charge is 2.34. The molecule has 3 heterocycles. The Morgan fingerprint density at radius 3 is 2.86 bits per heavy atom. The number of nitrogens with zero attached hydrogens (tertiary/aromatic N) is 3. The zero-order chi connectivity index (χ0) is 19.5. The molecule has 0 aliphatic carbocycles. The molecule has 1 amide bonds. The normalized spacial score (nSPS) is 23.6. The summed E-state index contributed by atoms with van der Waals surface area (Å²) in [5, 5.41) is 3.27. The number of aromatic nitrogens is 2. The molecule has 1 N–H and O–H groups in total. The van der Waals surface area contributed by atoms with Gasteiger partial charge in [-0.15, -0.1) is 0 Å². The van der Waals surface area contributed by atoms with E-state index in [1.807, 2.05) is 17.9 Å². The lowest BCUT2D eigenvalue weighted by Crippen LogP contribution is -2.57. The summed E-state index contributed by atoms with van der Waals surface area (Å²) in [6, 6.07) is 7.96. The molecule has 0 radical (unpaired) electrons. The molecule has 28 heavy (non-hydrogen) atoms. The number of piperidine rings is 1. The van der Waals surface area contributed by atoms with Gasteiger partial charge in [-0.1, -0.05) is 12.1 Å². The van der Waals surface area contributed by atoms with Crippen LogP contribution in [0.15, 0.2) is 36.5 Å². The van der Waals surface area contributed by atoms with Gasteiger partial charge in [-0.2, -0.15) is 0 Å². The molecule has 2 aromatic rings. The second-order valence-corrected chi connectivity index (χ2v) is 7.42. The first kappa shape index (κ1) is 19.0. The Morgan fingerprint density at radius 1 is 1.29 bits per heavy atom. The Bertz CT molecular complexity index is 839. The second kappa shape index (κ2) is 8.32. The van der Waals surface area contributed by atoms with Gasteiger partial charge in [0.15, 0.2) is 0 Å². The Morgan fingerprint density at radius 2 is 2.11 bits per heavy atom. The molecule has 7 heteroatoms. The minimum atomic E-state index is -0.279. The number of halogens is 1. The van der Waals surface area contributed by atoms with Crippen molar-refractivity contribution >= 4 is 5.91 Å². The Hall–Kier alpha value is -2.38. The summed E-state index contributed by atoms with van der Waals surface area (Å²) in [6.07, 6.45) is 3.26. The van der Waals surface area contributed by atoms with E-state index in [1.54, 1.807) is 18.3 Å². The van der Waals surface area contributed by atoms with Gasteiger partial charge in [0.2, 0.25) is 5.91 Å². The van der Waals surface area contributed by atoms with Gasteiger partial charge >= 0.3 is 0 Å². The van der Waals surface area contributed by atoms with Gasteiger partial charge in [0.1, 0.15) is 17.7 Å². The van der Waals surface area contributed by atoms with Crippen molar-refractivity contribution in [2.75, 3.05) is 26.2 Å². The average molecular weight is 384 g/mol. The largest absolute Gasteiger partial charge is 0.375 e. The fourth-order valence-corrected chi connectivity index (χ4v) is 3.94. The molecule has 6 nitrogen and oxygen atoms in total. The van der Waals surface area contributed by atoms with Crippen molar-refractivity contribution in [1.29, 1.82) is 0 Å². The standard InChI is InChI=1S/C21H25FN4O2/c1-14-19(23-9-12-28-14)21(27)26-10-6-15(7-11-26)20-24-8-5-18(25-20)16-3-2-4-17(22)13-16/h2-5,8,13-15,19,23H,6-7,9-12H2,1H3/t14-,19+/m1/s1. The highest BCUT2D eigenvalue weighted by molar-refractivity contribution is 5.82. The number of carbonyl (C=O) groups is 1. The molecular weight excluding hydrogens is 359 g/mol. The molecular formula is C21H25FN4O2. The minimum absolute atomic E-state index is 0.106. The fourth-order valence-electron chi connectivity index (χ4n) is 3.94. The number of hydrogen-bond acceptors (Lipinski definition) is 5. The molecule has 0 spiro atoms. The van der Waals surface area contributed by atoms with Crippen LogP contribution in [0.4, 0.5) is 4.39 Å². The van der Waals surface area contributed by atoms with Gasteiger partial charge in [0.05, 0.1) is 18.4 Å². The number of hydrogen-bond donors (Lipinski definition) is 1. The van der Waals surface area contributed by atoms with Crippen LogP contribution >= 0.6 is 0 Å². The molecule has 0 bridgehead atoms. The molecule has 2 saturated heterocycles. The summed E-state index contributed by atoms with van der Waals surface area (Å²) in [5.41, 5.74) is 1.47. The average Bonchev–Trinajstić information content (AvgIpc) is 2.74. The van der Waals surface area contributed by atoms with E-state index >= 15 is 0 Å². The number of morpholine rings is 1. The summed E-state index contributed by atoms with van der Waals surface area (Å²) in [6.45, 7) is 4.65. The number of carbonyl (C=O) groups excluding carboxylic acids is 1. The van der Waals surface area contributed by atoms with Gasteiger partial charge in [-0.25, -0.2) is 14.4 Å². The third-order valence-corrected chi connectivity index (χ3v) is 5.55. The zero-order valence-electron chi connectivity index (χ0n) is 16.0. The minimum Gasteiger partial charge on any atom is -0.375 e. The molecule has 1 aromatic heterocycles. The van der Waals surface area contributed by atoms with Gasteiger partial charge in [0.25, 0.3) is 0 Å². The van der Waals surface area contributed by atoms with Gasteiger partial charge in [-0.3, -0.25) is 4.79 Å². The van der Waals surface area contributed by atoms with E-state index in [1.165, 1.54) is 12.1 Å². The molecule has 2 fully saturated rings.